The number of rotatable bonds is 7. The molecule has 1 atom stereocenters. The number of amides is 1. The number of hydrogen-bond donors (Lipinski definition) is 1. The Morgan fingerprint density at radius 3 is 2.28 bits per heavy atom. The Morgan fingerprint density at radius 2 is 1.72 bits per heavy atom. The number of nitrogen functional groups attached to an aromatic ring is 1. The number of nitrogens with zero attached hydrogens (tertiary/aromatic N) is 4. The first-order chi connectivity index (χ1) is 18.4. The molecule has 39 heavy (non-hydrogen) atoms. The van der Waals surface area contributed by atoms with Gasteiger partial charge < -0.3 is 10.6 Å². The summed E-state index contributed by atoms with van der Waals surface area (Å²) in [5.41, 5.74) is 1.85. The summed E-state index contributed by atoms with van der Waals surface area (Å²) in [5, 5.41) is 0.398. The van der Waals surface area contributed by atoms with Crippen molar-refractivity contribution in [2.45, 2.75) is 43.8 Å². The van der Waals surface area contributed by atoms with E-state index >= 15 is 0 Å². The molecule has 2 fully saturated rings. The van der Waals surface area contributed by atoms with Gasteiger partial charge in [-0.1, -0.05) is 23.7 Å². The normalized spacial score (nSPS) is 19.4. The molecule has 0 radical (unpaired) electrons. The summed E-state index contributed by atoms with van der Waals surface area (Å²) in [7, 11) is -4.59. The van der Waals surface area contributed by atoms with Crippen LogP contribution in [0.4, 0.5) is 19.0 Å². The predicted molar refractivity (Wildman–Crippen MR) is 143 cm³/mol. The number of nitrogens with two attached hydrogens (primary N) is 1. The third kappa shape index (κ3) is 6.85. The topological polar surface area (TPSA) is 99.8 Å². The van der Waals surface area contributed by atoms with Crippen molar-refractivity contribution in [2.24, 2.45) is 11.8 Å². The molecule has 2 N–H and O–H groups in total. The van der Waals surface area contributed by atoms with Crippen molar-refractivity contribution in [3.05, 3.63) is 58.7 Å². The van der Waals surface area contributed by atoms with E-state index in [0.29, 0.717) is 46.6 Å². The molecule has 2 saturated heterocycles. The van der Waals surface area contributed by atoms with Gasteiger partial charge in [-0.25, -0.2) is 13.4 Å². The summed E-state index contributed by atoms with van der Waals surface area (Å²) >= 11 is 5.96. The van der Waals surface area contributed by atoms with Crippen molar-refractivity contribution in [3.63, 3.8) is 0 Å². The van der Waals surface area contributed by atoms with Crippen LogP contribution in [-0.2, 0) is 21.4 Å². The Kier molecular flexibility index (Phi) is 9.09. The summed E-state index contributed by atoms with van der Waals surface area (Å²) in [6.07, 6.45) is 3.90. The van der Waals surface area contributed by atoms with E-state index in [4.69, 9.17) is 17.3 Å². The van der Waals surface area contributed by atoms with E-state index in [1.54, 1.807) is 23.2 Å². The minimum Gasteiger partial charge on any atom is -0.384 e. The minimum absolute atomic E-state index is 0.0561. The minimum atomic E-state index is -5.56. The smallest absolute Gasteiger partial charge is 0.384 e. The second kappa shape index (κ2) is 12.0. The number of anilines is 1. The summed E-state index contributed by atoms with van der Waals surface area (Å²) in [4.78, 5) is 21.3. The first-order valence-electron chi connectivity index (χ1n) is 12.9. The Hall–Kier alpha value is -2.41. The van der Waals surface area contributed by atoms with Crippen molar-refractivity contribution in [1.82, 2.24) is 19.1 Å². The van der Waals surface area contributed by atoms with Crippen molar-refractivity contribution in [3.8, 4) is 0 Å². The molecule has 3 heterocycles. The Labute approximate surface area is 232 Å². The quantitative estimate of drug-likeness (QED) is 0.519. The van der Waals surface area contributed by atoms with Gasteiger partial charge in [-0.3, -0.25) is 9.69 Å². The second-order valence-electron chi connectivity index (χ2n) is 10.3. The van der Waals surface area contributed by atoms with Crippen LogP contribution in [0.3, 0.4) is 0 Å². The zero-order valence-corrected chi connectivity index (χ0v) is 23.2. The van der Waals surface area contributed by atoms with Crippen LogP contribution in [0, 0.1) is 11.8 Å². The number of piperidine rings is 2. The summed E-state index contributed by atoms with van der Waals surface area (Å²) in [5.74, 6) is 0.0229. The van der Waals surface area contributed by atoms with Gasteiger partial charge >= 0.3 is 15.5 Å². The Morgan fingerprint density at radius 1 is 1.10 bits per heavy atom. The maximum absolute atomic E-state index is 13.4. The molecular formula is C26H33ClF3N5O3S. The maximum Gasteiger partial charge on any atom is 0.511 e. The average molecular weight is 588 g/mol. The molecule has 2 aromatic rings. The highest BCUT2D eigenvalue weighted by Gasteiger charge is 2.52. The highest BCUT2D eigenvalue weighted by molar-refractivity contribution is 7.89. The lowest BCUT2D eigenvalue weighted by Gasteiger charge is -2.41. The van der Waals surface area contributed by atoms with Crippen LogP contribution in [0.1, 0.15) is 42.9 Å². The van der Waals surface area contributed by atoms with Crippen LogP contribution < -0.4 is 5.73 Å². The zero-order valence-electron chi connectivity index (χ0n) is 21.6. The number of benzene rings is 1. The first-order valence-corrected chi connectivity index (χ1v) is 14.7. The third-order valence-electron chi connectivity index (χ3n) is 7.76. The first kappa shape index (κ1) is 29.6. The maximum atomic E-state index is 13.4. The number of aromatic nitrogens is 1. The number of likely N-dealkylation sites (tertiary alicyclic amines) is 2. The number of hydrogen-bond acceptors (Lipinski definition) is 6. The van der Waals surface area contributed by atoms with Crippen LogP contribution in [-0.4, -0.2) is 72.1 Å². The van der Waals surface area contributed by atoms with Gasteiger partial charge in [0, 0.05) is 43.8 Å². The highest BCUT2D eigenvalue weighted by Crippen LogP contribution is 2.40. The largest absolute Gasteiger partial charge is 0.511 e. The van der Waals surface area contributed by atoms with Gasteiger partial charge in [0.25, 0.3) is 0 Å². The lowest BCUT2D eigenvalue weighted by atomic mass is 9.84. The van der Waals surface area contributed by atoms with E-state index in [-0.39, 0.29) is 11.8 Å². The molecule has 1 unspecified atom stereocenters. The highest BCUT2D eigenvalue weighted by atomic mass is 35.5. The number of sulfonamides is 1. The number of carbonyl (C=O) groups is 1. The van der Waals surface area contributed by atoms with Gasteiger partial charge in [0.2, 0.25) is 5.91 Å². The van der Waals surface area contributed by atoms with Gasteiger partial charge in [-0.2, -0.15) is 17.5 Å². The van der Waals surface area contributed by atoms with Crippen LogP contribution in [0.2, 0.25) is 5.02 Å². The fourth-order valence-corrected chi connectivity index (χ4v) is 6.68. The van der Waals surface area contributed by atoms with Crippen molar-refractivity contribution >= 4 is 33.3 Å². The molecule has 1 aromatic heterocycles. The number of halogens is 4. The second-order valence-corrected chi connectivity index (χ2v) is 12.7. The standard InChI is InChI=1S/C26H33ClF3N5O3S/c1-33(39(37,38)26(28,29)30)24(19-2-4-22(27)5-3-19)20-9-14-35(15-10-20)25(36)21-7-12-34(13-8-21)17-18-6-11-32-23(31)16-18/h2-6,11,16,20-21,24H,7-10,12-15,17H2,1H3,(H2,31,32). The van der Waals surface area contributed by atoms with E-state index in [1.165, 1.54) is 12.1 Å². The molecule has 0 saturated carbocycles. The monoisotopic (exact) mass is 587 g/mol. The summed E-state index contributed by atoms with van der Waals surface area (Å²) in [6.45, 7) is 3.01. The lowest BCUT2D eigenvalue weighted by molar-refractivity contribution is -0.138. The molecule has 214 valence electrons. The molecule has 0 bridgehead atoms. The lowest BCUT2D eigenvalue weighted by Crippen LogP contribution is -2.48. The van der Waals surface area contributed by atoms with E-state index in [0.717, 1.165) is 45.1 Å². The number of carbonyl (C=O) groups excluding carboxylic acids is 1. The van der Waals surface area contributed by atoms with E-state index in [2.05, 4.69) is 9.88 Å². The van der Waals surface area contributed by atoms with E-state index in [9.17, 15) is 26.4 Å². The molecule has 0 aliphatic carbocycles. The predicted octanol–water partition coefficient (Wildman–Crippen LogP) is 4.29. The van der Waals surface area contributed by atoms with Crippen LogP contribution >= 0.6 is 11.6 Å². The van der Waals surface area contributed by atoms with Crippen LogP contribution in [0.5, 0.6) is 0 Å². The zero-order chi connectivity index (χ0) is 28.4. The fraction of sp³-hybridized carbons (Fsp3) is 0.538. The Balaban J connectivity index is 1.38. The Bertz CT molecular complexity index is 1250. The number of pyridine rings is 1. The van der Waals surface area contributed by atoms with Crippen molar-refractivity contribution in [2.75, 3.05) is 39.0 Å². The van der Waals surface area contributed by atoms with Crippen molar-refractivity contribution < 1.29 is 26.4 Å². The molecule has 2 aliphatic rings. The summed E-state index contributed by atoms with van der Waals surface area (Å²) < 4.78 is 65.3. The average Bonchev–Trinajstić information content (AvgIpc) is 2.90. The fourth-order valence-electron chi connectivity index (χ4n) is 5.63. The SMILES string of the molecule is CN(C(c1ccc(Cl)cc1)C1CCN(C(=O)C2CCN(Cc3ccnc(N)c3)CC2)CC1)S(=O)(=O)C(F)(F)F. The molecule has 1 aromatic carbocycles. The molecule has 1 amide bonds. The van der Waals surface area contributed by atoms with Gasteiger partial charge in [0.05, 0.1) is 6.04 Å². The molecule has 13 heteroatoms. The third-order valence-corrected chi connectivity index (χ3v) is 9.58. The van der Waals surface area contributed by atoms with Gasteiger partial charge in [-0.05, 0) is 80.1 Å². The van der Waals surface area contributed by atoms with Crippen LogP contribution in [0.25, 0.3) is 0 Å². The van der Waals surface area contributed by atoms with Crippen LogP contribution in [0.15, 0.2) is 42.6 Å². The molecule has 0 spiro atoms. The van der Waals surface area contributed by atoms with Gasteiger partial charge in [-0.15, -0.1) is 0 Å². The van der Waals surface area contributed by atoms with E-state index in [1.807, 2.05) is 12.1 Å². The van der Waals surface area contributed by atoms with Crippen molar-refractivity contribution in [1.29, 1.82) is 0 Å². The van der Waals surface area contributed by atoms with Gasteiger partial charge in [0.1, 0.15) is 5.82 Å². The molecule has 2 aliphatic heterocycles. The number of alkyl halides is 3. The molecule has 4 rings (SSSR count). The molecule has 8 nitrogen and oxygen atoms in total. The van der Waals surface area contributed by atoms with E-state index < -0.39 is 27.5 Å². The summed E-state index contributed by atoms with van der Waals surface area (Å²) in [6, 6.07) is 8.92. The molecular weight excluding hydrogens is 555 g/mol. The van der Waals surface area contributed by atoms with Gasteiger partial charge in [0.15, 0.2) is 0 Å².